The predicted octanol–water partition coefficient (Wildman–Crippen LogP) is 2.93. The van der Waals surface area contributed by atoms with E-state index in [4.69, 9.17) is 20.9 Å². The molecule has 0 aliphatic heterocycles. The first kappa shape index (κ1) is 14.3. The van der Waals surface area contributed by atoms with Crippen molar-refractivity contribution in [2.45, 2.75) is 20.5 Å². The lowest BCUT2D eigenvalue weighted by molar-refractivity contribution is -0.111. The van der Waals surface area contributed by atoms with Crippen LogP contribution < -0.4 is 5.63 Å². The Bertz CT molecular complexity index is 748. The van der Waals surface area contributed by atoms with E-state index in [9.17, 15) is 9.59 Å². The lowest BCUT2D eigenvalue weighted by Crippen LogP contribution is -2.06. The van der Waals surface area contributed by atoms with Crippen LogP contribution in [0.15, 0.2) is 38.6 Å². The minimum atomic E-state index is -0.495. The molecule has 2 aromatic rings. The van der Waals surface area contributed by atoms with E-state index in [1.807, 2.05) is 0 Å². The quantitative estimate of drug-likeness (QED) is 0.494. The van der Waals surface area contributed by atoms with Crippen LogP contribution in [0.5, 0.6) is 0 Å². The average Bonchev–Trinajstić information content (AvgIpc) is 2.37. The molecule has 0 bridgehead atoms. The minimum absolute atomic E-state index is 0.0638. The van der Waals surface area contributed by atoms with E-state index in [2.05, 4.69) is 5.16 Å². The fourth-order valence-electron chi connectivity index (χ4n) is 1.59. The topological polar surface area (TPSA) is 68.9 Å². The summed E-state index contributed by atoms with van der Waals surface area (Å²) in [5, 5.41) is 4.87. The number of ketones is 1. The molecular formula is C14H12ClNO4. The highest BCUT2D eigenvalue weighted by atomic mass is 35.5. The zero-order valence-corrected chi connectivity index (χ0v) is 11.7. The molecule has 20 heavy (non-hydrogen) atoms. The summed E-state index contributed by atoms with van der Waals surface area (Å²) in [6.45, 7) is 3.02. The number of halogens is 1. The van der Waals surface area contributed by atoms with Crippen molar-refractivity contribution >= 4 is 34.1 Å². The molecule has 1 aromatic carbocycles. The number of benzene rings is 1. The van der Waals surface area contributed by atoms with Crippen molar-refractivity contribution in [3.8, 4) is 0 Å². The maximum atomic E-state index is 11.5. The largest absolute Gasteiger partial charge is 0.423 e. The summed E-state index contributed by atoms with van der Waals surface area (Å²) in [5.41, 5.74) is 0.773. The molecule has 1 heterocycles. The Labute approximate surface area is 119 Å². The van der Waals surface area contributed by atoms with Crippen molar-refractivity contribution in [2.24, 2.45) is 5.16 Å². The van der Waals surface area contributed by atoms with Crippen LogP contribution in [0.25, 0.3) is 11.0 Å². The second-order valence-corrected chi connectivity index (χ2v) is 4.67. The Morgan fingerprint density at radius 1 is 1.35 bits per heavy atom. The average molecular weight is 294 g/mol. The fraction of sp³-hybridized carbons (Fsp3) is 0.214. The summed E-state index contributed by atoms with van der Waals surface area (Å²) < 4.78 is 5.06. The number of Topliss-reactive ketones (excluding diaryl/α,β-unsaturated/α-hetero) is 1. The van der Waals surface area contributed by atoms with Gasteiger partial charge in [0, 0.05) is 35.0 Å². The van der Waals surface area contributed by atoms with Crippen LogP contribution in [0.2, 0.25) is 5.02 Å². The standard InChI is InChI=1S/C14H12ClNO4/c1-8(9(2)17)16-19-7-10-5-14(18)20-13-6-11(15)3-4-12(10)13/h3-6H,7H2,1-2H3/b16-8+. The van der Waals surface area contributed by atoms with Gasteiger partial charge in [0.2, 0.25) is 0 Å². The highest BCUT2D eigenvalue weighted by molar-refractivity contribution is 6.37. The number of hydrogen-bond donors (Lipinski definition) is 0. The molecule has 1 aromatic heterocycles. The van der Waals surface area contributed by atoms with Gasteiger partial charge in [-0.05, 0) is 19.1 Å². The molecule has 0 saturated carbocycles. The molecule has 2 rings (SSSR count). The Morgan fingerprint density at radius 2 is 2.10 bits per heavy atom. The molecule has 0 amide bonds. The Morgan fingerprint density at radius 3 is 2.80 bits per heavy atom. The van der Waals surface area contributed by atoms with Gasteiger partial charge in [-0.3, -0.25) is 4.79 Å². The lowest BCUT2D eigenvalue weighted by Gasteiger charge is -2.05. The van der Waals surface area contributed by atoms with Crippen LogP contribution in [0, 0.1) is 0 Å². The van der Waals surface area contributed by atoms with Gasteiger partial charge in [0.15, 0.2) is 5.78 Å². The molecule has 0 aliphatic rings. The molecule has 6 heteroatoms. The lowest BCUT2D eigenvalue weighted by atomic mass is 10.1. The predicted molar refractivity (Wildman–Crippen MR) is 76.1 cm³/mol. The second kappa shape index (κ2) is 5.88. The van der Waals surface area contributed by atoms with Crippen molar-refractivity contribution in [2.75, 3.05) is 0 Å². The summed E-state index contributed by atoms with van der Waals surface area (Å²) in [4.78, 5) is 27.6. The summed E-state index contributed by atoms with van der Waals surface area (Å²) >= 11 is 5.85. The third-order valence-corrected chi connectivity index (χ3v) is 2.96. The molecule has 104 valence electrons. The third kappa shape index (κ3) is 3.24. The van der Waals surface area contributed by atoms with Gasteiger partial charge < -0.3 is 9.25 Å². The smallest absolute Gasteiger partial charge is 0.336 e. The minimum Gasteiger partial charge on any atom is -0.423 e. The van der Waals surface area contributed by atoms with Gasteiger partial charge in [0.25, 0.3) is 0 Å². The summed E-state index contributed by atoms with van der Waals surface area (Å²) in [6.07, 6.45) is 0. The maximum absolute atomic E-state index is 11.5. The first-order valence-corrected chi connectivity index (χ1v) is 6.25. The normalized spacial score (nSPS) is 11.7. The molecule has 0 aliphatic carbocycles. The SMILES string of the molecule is CC(=O)/C(C)=N/OCc1cc(=O)oc2cc(Cl)ccc12. The number of oxime groups is 1. The zero-order chi connectivity index (χ0) is 14.7. The summed E-state index contributed by atoms with van der Waals surface area (Å²) in [7, 11) is 0. The Balaban J connectivity index is 2.32. The summed E-state index contributed by atoms with van der Waals surface area (Å²) in [6, 6.07) is 6.32. The molecule has 0 N–H and O–H groups in total. The van der Waals surface area contributed by atoms with Gasteiger partial charge >= 0.3 is 5.63 Å². The van der Waals surface area contributed by atoms with Crippen LogP contribution in [-0.2, 0) is 16.2 Å². The van der Waals surface area contributed by atoms with Gasteiger partial charge in [-0.1, -0.05) is 16.8 Å². The number of carbonyl (C=O) groups excluding carboxylic acids is 1. The van der Waals surface area contributed by atoms with Crippen molar-refractivity contribution in [1.82, 2.24) is 0 Å². The van der Waals surface area contributed by atoms with Gasteiger partial charge in [-0.2, -0.15) is 0 Å². The number of hydrogen-bond acceptors (Lipinski definition) is 5. The molecule has 0 fully saturated rings. The molecule has 0 atom stereocenters. The Hall–Kier alpha value is -2.14. The summed E-state index contributed by atoms with van der Waals surface area (Å²) in [5.74, 6) is -0.172. The number of fused-ring (bicyclic) bond motifs is 1. The van der Waals surface area contributed by atoms with E-state index in [1.54, 1.807) is 25.1 Å². The monoisotopic (exact) mass is 293 g/mol. The van der Waals surface area contributed by atoms with Gasteiger partial charge in [-0.15, -0.1) is 0 Å². The first-order chi connectivity index (χ1) is 9.47. The fourth-order valence-corrected chi connectivity index (χ4v) is 1.75. The van der Waals surface area contributed by atoms with Crippen LogP contribution in [-0.4, -0.2) is 11.5 Å². The molecular weight excluding hydrogens is 282 g/mol. The van der Waals surface area contributed by atoms with Gasteiger partial charge in [0.1, 0.15) is 17.9 Å². The van der Waals surface area contributed by atoms with Gasteiger partial charge in [-0.25, -0.2) is 4.79 Å². The van der Waals surface area contributed by atoms with Crippen LogP contribution >= 0.6 is 11.6 Å². The van der Waals surface area contributed by atoms with Crippen molar-refractivity contribution < 1.29 is 14.0 Å². The number of rotatable bonds is 4. The zero-order valence-electron chi connectivity index (χ0n) is 11.0. The van der Waals surface area contributed by atoms with Gasteiger partial charge in [0.05, 0.1) is 0 Å². The maximum Gasteiger partial charge on any atom is 0.336 e. The number of nitrogens with zero attached hydrogens (tertiary/aromatic N) is 1. The van der Waals surface area contributed by atoms with Crippen LogP contribution in [0.4, 0.5) is 0 Å². The van der Waals surface area contributed by atoms with Crippen LogP contribution in [0.1, 0.15) is 19.4 Å². The highest BCUT2D eigenvalue weighted by Gasteiger charge is 2.07. The van der Waals surface area contributed by atoms with E-state index < -0.39 is 5.63 Å². The molecule has 5 nitrogen and oxygen atoms in total. The molecule has 0 radical (unpaired) electrons. The van der Waals surface area contributed by atoms with E-state index in [1.165, 1.54) is 13.0 Å². The van der Waals surface area contributed by atoms with E-state index in [-0.39, 0.29) is 18.1 Å². The third-order valence-electron chi connectivity index (χ3n) is 2.72. The first-order valence-electron chi connectivity index (χ1n) is 5.87. The molecule has 0 spiro atoms. The molecule has 0 unspecified atom stereocenters. The number of carbonyl (C=O) groups is 1. The van der Waals surface area contributed by atoms with Crippen molar-refractivity contribution in [1.29, 1.82) is 0 Å². The van der Waals surface area contributed by atoms with E-state index in [0.29, 0.717) is 21.6 Å². The molecule has 0 saturated heterocycles. The highest BCUT2D eigenvalue weighted by Crippen LogP contribution is 2.21. The van der Waals surface area contributed by atoms with E-state index in [0.717, 1.165) is 0 Å². The van der Waals surface area contributed by atoms with Crippen LogP contribution in [0.3, 0.4) is 0 Å². The second-order valence-electron chi connectivity index (χ2n) is 4.24. The van der Waals surface area contributed by atoms with Crippen molar-refractivity contribution in [3.05, 3.63) is 45.3 Å². The van der Waals surface area contributed by atoms with Crippen molar-refractivity contribution in [3.63, 3.8) is 0 Å². The Kier molecular flexibility index (Phi) is 4.20. The van der Waals surface area contributed by atoms with E-state index >= 15 is 0 Å².